The number of para-hydroxylation sites is 1. The molecule has 2 aromatic carbocycles. The van der Waals surface area contributed by atoms with E-state index >= 15 is 0 Å². The first kappa shape index (κ1) is 31.2. The molecule has 3 aliphatic rings. The summed E-state index contributed by atoms with van der Waals surface area (Å²) in [6.07, 6.45) is 4.62. The van der Waals surface area contributed by atoms with E-state index in [9.17, 15) is 19.5 Å². The number of ether oxygens (including phenoxy) is 1. The number of likely N-dealkylation sites (tertiary alicyclic amines) is 1. The Morgan fingerprint density at radius 2 is 1.81 bits per heavy atom. The molecule has 2 bridgehead atoms. The van der Waals surface area contributed by atoms with Crippen LogP contribution in [0.5, 0.6) is 5.75 Å². The number of aliphatic hydroxyl groups is 1. The second-order valence-corrected chi connectivity index (χ2v) is 13.2. The molecule has 6 atom stereocenters. The number of halogens is 1. The van der Waals surface area contributed by atoms with Crippen LogP contribution in [-0.2, 0) is 14.4 Å². The highest BCUT2D eigenvalue weighted by molar-refractivity contribution is 8.02. The molecule has 3 fully saturated rings. The maximum Gasteiger partial charge on any atom is 0.251 e. The number of nitrogens with zero attached hydrogens (tertiary/aromatic N) is 3. The molecule has 3 heterocycles. The molecule has 0 saturated carbocycles. The van der Waals surface area contributed by atoms with E-state index < -0.39 is 28.7 Å². The first-order valence-corrected chi connectivity index (χ1v) is 15.9. The molecule has 0 radical (unpaired) electrons. The van der Waals surface area contributed by atoms with E-state index in [4.69, 9.17) is 16.3 Å². The number of thioether (sulfide) groups is 1. The minimum Gasteiger partial charge on any atom is -0.494 e. The molecule has 10 heteroatoms. The molecule has 43 heavy (non-hydrogen) atoms. The van der Waals surface area contributed by atoms with Crippen molar-refractivity contribution in [1.29, 1.82) is 0 Å². The fraction of sp³-hybridized carbons (Fsp3) is 0.424. The summed E-state index contributed by atoms with van der Waals surface area (Å²) in [5.74, 6) is -1.36. The summed E-state index contributed by atoms with van der Waals surface area (Å²) < 4.78 is 4.76. The Morgan fingerprint density at radius 1 is 1.14 bits per heavy atom. The summed E-state index contributed by atoms with van der Waals surface area (Å²) in [5, 5.41) is 10.5. The van der Waals surface area contributed by atoms with E-state index in [-0.39, 0.29) is 42.7 Å². The van der Waals surface area contributed by atoms with Gasteiger partial charge in [0.25, 0.3) is 5.91 Å². The molecule has 1 spiro atoms. The minimum absolute atomic E-state index is 0.119. The lowest BCUT2D eigenvalue weighted by atomic mass is 9.70. The van der Waals surface area contributed by atoms with E-state index in [1.807, 2.05) is 31.2 Å². The Labute approximate surface area is 262 Å². The quantitative estimate of drug-likeness (QED) is 0.337. The summed E-state index contributed by atoms with van der Waals surface area (Å²) in [4.78, 5) is 48.2. The smallest absolute Gasteiger partial charge is 0.251 e. The van der Waals surface area contributed by atoms with Gasteiger partial charge in [0.05, 0.1) is 46.5 Å². The van der Waals surface area contributed by atoms with Gasteiger partial charge in [-0.1, -0.05) is 35.9 Å². The minimum atomic E-state index is -0.880. The van der Waals surface area contributed by atoms with Gasteiger partial charge in [-0.25, -0.2) is 0 Å². The van der Waals surface area contributed by atoms with E-state index in [1.54, 1.807) is 64.9 Å². The van der Waals surface area contributed by atoms with Crippen LogP contribution in [0.15, 0.2) is 73.8 Å². The lowest BCUT2D eigenvalue weighted by Gasteiger charge is -2.39. The Hall–Kier alpha value is -3.27. The number of anilines is 2. The van der Waals surface area contributed by atoms with Gasteiger partial charge in [0, 0.05) is 24.0 Å². The third-order valence-corrected chi connectivity index (χ3v) is 11.0. The zero-order chi connectivity index (χ0) is 30.9. The average molecular weight is 624 g/mol. The maximum absolute atomic E-state index is 14.6. The summed E-state index contributed by atoms with van der Waals surface area (Å²) in [5.41, 5.74) is 1.21. The van der Waals surface area contributed by atoms with Gasteiger partial charge in [0.1, 0.15) is 11.8 Å². The average Bonchev–Trinajstić information content (AvgIpc) is 3.66. The Morgan fingerprint density at radius 3 is 2.44 bits per heavy atom. The van der Waals surface area contributed by atoms with Crippen molar-refractivity contribution >= 4 is 52.5 Å². The van der Waals surface area contributed by atoms with Crippen molar-refractivity contribution in [2.45, 2.75) is 48.8 Å². The highest BCUT2D eigenvalue weighted by Crippen LogP contribution is 2.67. The van der Waals surface area contributed by atoms with Crippen molar-refractivity contribution in [3.63, 3.8) is 0 Å². The van der Waals surface area contributed by atoms with Gasteiger partial charge < -0.3 is 24.5 Å². The summed E-state index contributed by atoms with van der Waals surface area (Å²) >= 11 is 8.13. The summed E-state index contributed by atoms with van der Waals surface area (Å²) in [6, 6.07) is 12.9. The first-order chi connectivity index (χ1) is 20.7. The SMILES string of the molecule is C=CCN(C(=O)[C@@H]1[C@@H]2CCC3(S2)C(C(=O)N(CC=C)c2ccccc2Cl)N([C@H](C)CO)C(=O)[C@H]13)c1ccc(OCC)cc1. The number of carbonyl (C=O) groups excluding carboxylic acids is 3. The third kappa shape index (κ3) is 5.25. The summed E-state index contributed by atoms with van der Waals surface area (Å²) in [6.45, 7) is 12.0. The summed E-state index contributed by atoms with van der Waals surface area (Å²) in [7, 11) is 0. The number of amides is 3. The molecule has 0 aromatic heterocycles. The maximum atomic E-state index is 14.6. The zero-order valence-electron chi connectivity index (χ0n) is 24.5. The zero-order valence-corrected chi connectivity index (χ0v) is 26.1. The molecular formula is C33H38ClN3O5S. The van der Waals surface area contributed by atoms with E-state index in [0.29, 0.717) is 41.6 Å². The lowest BCUT2D eigenvalue weighted by Crippen LogP contribution is -2.57. The van der Waals surface area contributed by atoms with Crippen LogP contribution >= 0.6 is 23.4 Å². The van der Waals surface area contributed by atoms with Crippen molar-refractivity contribution < 1.29 is 24.2 Å². The number of aliphatic hydroxyl groups excluding tert-OH is 1. The Balaban J connectivity index is 1.55. The largest absolute Gasteiger partial charge is 0.494 e. The fourth-order valence-corrected chi connectivity index (χ4v) is 9.42. The van der Waals surface area contributed by atoms with Crippen LogP contribution in [0.1, 0.15) is 26.7 Å². The van der Waals surface area contributed by atoms with Crippen LogP contribution in [0.3, 0.4) is 0 Å². The highest BCUT2D eigenvalue weighted by Gasteiger charge is 2.74. The van der Waals surface area contributed by atoms with E-state index in [1.165, 1.54) is 4.90 Å². The normalized spacial score (nSPS) is 26.1. The second-order valence-electron chi connectivity index (χ2n) is 11.2. The van der Waals surface area contributed by atoms with Crippen molar-refractivity contribution in [3.05, 3.63) is 78.9 Å². The van der Waals surface area contributed by atoms with Crippen LogP contribution < -0.4 is 14.5 Å². The molecular weight excluding hydrogens is 586 g/mol. The molecule has 8 nitrogen and oxygen atoms in total. The molecule has 3 aliphatic heterocycles. The van der Waals surface area contributed by atoms with Crippen LogP contribution in [0, 0.1) is 11.8 Å². The van der Waals surface area contributed by atoms with Gasteiger partial charge in [-0.2, -0.15) is 0 Å². The van der Waals surface area contributed by atoms with Crippen molar-refractivity contribution in [2.24, 2.45) is 11.8 Å². The van der Waals surface area contributed by atoms with Crippen LogP contribution in [0.25, 0.3) is 0 Å². The van der Waals surface area contributed by atoms with Gasteiger partial charge in [-0.3, -0.25) is 14.4 Å². The van der Waals surface area contributed by atoms with E-state index in [2.05, 4.69) is 13.2 Å². The lowest BCUT2D eigenvalue weighted by molar-refractivity contribution is -0.141. The second kappa shape index (κ2) is 12.8. The molecule has 228 valence electrons. The standard InChI is InChI=1S/C33H38ClN3O5S/c1-5-18-35(22-12-14-23(15-13-22)42-7-3)30(39)27-26-16-17-33(43-26)28(27)31(40)37(21(4)20-38)29(33)32(41)36(19-6-2)25-11-9-8-10-24(25)34/h5-6,8-15,21,26-29,38H,1-2,7,16-20H2,3-4H3/t21-,26+,27-,28+,29?,33?/m1/s1. The topological polar surface area (TPSA) is 90.4 Å². The molecule has 1 N–H and O–H groups in total. The van der Waals surface area contributed by atoms with Gasteiger partial charge in [0.15, 0.2) is 0 Å². The van der Waals surface area contributed by atoms with Crippen LogP contribution in [-0.4, -0.2) is 76.1 Å². The molecule has 3 saturated heterocycles. The highest BCUT2D eigenvalue weighted by atomic mass is 35.5. The van der Waals surface area contributed by atoms with Gasteiger partial charge in [0.2, 0.25) is 11.8 Å². The van der Waals surface area contributed by atoms with Crippen molar-refractivity contribution in [1.82, 2.24) is 4.90 Å². The number of carbonyl (C=O) groups is 3. The van der Waals surface area contributed by atoms with Gasteiger partial charge in [-0.15, -0.1) is 24.9 Å². The predicted octanol–water partition coefficient (Wildman–Crippen LogP) is 4.95. The van der Waals surface area contributed by atoms with Crippen molar-refractivity contribution in [3.8, 4) is 5.75 Å². The number of rotatable bonds is 12. The predicted molar refractivity (Wildman–Crippen MR) is 172 cm³/mol. The van der Waals surface area contributed by atoms with E-state index in [0.717, 1.165) is 0 Å². The molecule has 3 amide bonds. The van der Waals surface area contributed by atoms with Gasteiger partial charge in [-0.05, 0) is 63.1 Å². The first-order valence-electron chi connectivity index (χ1n) is 14.7. The van der Waals surface area contributed by atoms with Crippen molar-refractivity contribution in [2.75, 3.05) is 36.1 Å². The number of benzene rings is 2. The molecule has 2 unspecified atom stereocenters. The Bertz CT molecular complexity index is 1400. The monoisotopic (exact) mass is 623 g/mol. The van der Waals surface area contributed by atoms with Gasteiger partial charge >= 0.3 is 0 Å². The van der Waals surface area contributed by atoms with Crippen LogP contribution in [0.2, 0.25) is 5.02 Å². The molecule has 5 rings (SSSR count). The molecule has 2 aromatic rings. The number of hydrogen-bond donors (Lipinski definition) is 1. The fourth-order valence-electron chi connectivity index (χ4n) is 6.99. The third-order valence-electron chi connectivity index (χ3n) is 8.75. The molecule has 0 aliphatic carbocycles. The van der Waals surface area contributed by atoms with Crippen LogP contribution in [0.4, 0.5) is 11.4 Å². The number of fused-ring (bicyclic) bond motifs is 1. The number of hydrogen-bond acceptors (Lipinski definition) is 6. The Kier molecular flexibility index (Phi) is 9.25.